The van der Waals surface area contributed by atoms with Gasteiger partial charge in [-0.05, 0) is 61.7 Å². The number of non-ortho nitro benzene ring substituents is 1. The molecule has 0 fully saturated rings. The molecular weight excluding hydrogens is 352 g/mol. The highest BCUT2D eigenvalue weighted by molar-refractivity contribution is 6.30. The van der Waals surface area contributed by atoms with E-state index in [0.29, 0.717) is 5.02 Å². The molecule has 1 aliphatic rings. The number of hydrogen-bond acceptors (Lipinski definition) is 4. The third-order valence-corrected chi connectivity index (χ3v) is 4.74. The van der Waals surface area contributed by atoms with Gasteiger partial charge in [-0.25, -0.2) is 9.67 Å². The van der Waals surface area contributed by atoms with Gasteiger partial charge in [0.15, 0.2) is 5.82 Å². The van der Waals surface area contributed by atoms with Gasteiger partial charge in [0, 0.05) is 22.7 Å². The molecule has 0 radical (unpaired) electrons. The summed E-state index contributed by atoms with van der Waals surface area (Å²) >= 11 is 5.98. The number of halogens is 1. The molecule has 0 unspecified atom stereocenters. The SMILES string of the molecule is Cc1nn(-c2ccc(Cl)cc2)c2c1CCC(c1ccc([N+](=O)[O-])cc1)=N2. The first-order valence-corrected chi connectivity index (χ1v) is 8.57. The first-order valence-electron chi connectivity index (χ1n) is 8.20. The molecule has 0 N–H and O–H groups in total. The summed E-state index contributed by atoms with van der Waals surface area (Å²) in [6.45, 7) is 1.98. The molecule has 1 aromatic heterocycles. The smallest absolute Gasteiger partial charge is 0.258 e. The van der Waals surface area contributed by atoms with Gasteiger partial charge in [-0.15, -0.1) is 0 Å². The van der Waals surface area contributed by atoms with Gasteiger partial charge in [0.05, 0.1) is 22.0 Å². The standard InChI is InChI=1S/C19H15ClN4O2/c1-12-17-10-11-18(13-2-6-16(7-3-13)24(25)26)21-19(17)23(22-12)15-8-4-14(20)5-9-15/h2-9H,10-11H2,1H3. The summed E-state index contributed by atoms with van der Waals surface area (Å²) in [7, 11) is 0. The number of rotatable bonds is 3. The lowest BCUT2D eigenvalue weighted by Crippen LogP contribution is -2.09. The highest BCUT2D eigenvalue weighted by Crippen LogP contribution is 2.33. The van der Waals surface area contributed by atoms with Crippen molar-refractivity contribution >= 4 is 28.8 Å². The van der Waals surface area contributed by atoms with E-state index >= 15 is 0 Å². The van der Waals surface area contributed by atoms with Crippen molar-refractivity contribution < 1.29 is 4.92 Å². The maximum Gasteiger partial charge on any atom is 0.269 e. The van der Waals surface area contributed by atoms with Crippen molar-refractivity contribution in [2.75, 3.05) is 0 Å². The van der Waals surface area contributed by atoms with Crippen LogP contribution in [-0.4, -0.2) is 20.4 Å². The van der Waals surface area contributed by atoms with Gasteiger partial charge in [0.1, 0.15) is 0 Å². The molecule has 0 spiro atoms. The molecule has 4 rings (SSSR count). The van der Waals surface area contributed by atoms with Crippen LogP contribution in [0.1, 0.15) is 23.2 Å². The predicted octanol–water partition coefficient (Wildman–Crippen LogP) is 4.81. The first-order chi connectivity index (χ1) is 12.5. The fraction of sp³-hybridized carbons (Fsp3) is 0.158. The number of aromatic nitrogens is 2. The minimum absolute atomic E-state index is 0.0768. The van der Waals surface area contributed by atoms with Crippen LogP contribution in [0.5, 0.6) is 0 Å². The number of aliphatic imine (C=N–C) groups is 1. The van der Waals surface area contributed by atoms with Gasteiger partial charge >= 0.3 is 0 Å². The number of nitro groups is 1. The number of benzene rings is 2. The highest BCUT2D eigenvalue weighted by atomic mass is 35.5. The van der Waals surface area contributed by atoms with Crippen LogP contribution in [0.2, 0.25) is 5.02 Å². The van der Waals surface area contributed by atoms with Gasteiger partial charge in [0.25, 0.3) is 5.69 Å². The molecule has 26 heavy (non-hydrogen) atoms. The van der Waals surface area contributed by atoms with Gasteiger partial charge in [-0.1, -0.05) is 11.6 Å². The second-order valence-corrected chi connectivity index (χ2v) is 6.57. The lowest BCUT2D eigenvalue weighted by Gasteiger charge is -2.14. The van der Waals surface area contributed by atoms with E-state index in [2.05, 4.69) is 5.10 Å². The van der Waals surface area contributed by atoms with Crippen LogP contribution >= 0.6 is 11.6 Å². The Bertz CT molecular complexity index is 1020. The zero-order valence-corrected chi connectivity index (χ0v) is 14.8. The molecule has 0 saturated heterocycles. The predicted molar refractivity (Wildman–Crippen MR) is 101 cm³/mol. The van der Waals surface area contributed by atoms with Crippen LogP contribution in [-0.2, 0) is 6.42 Å². The van der Waals surface area contributed by atoms with Crippen molar-refractivity contribution in [1.29, 1.82) is 0 Å². The van der Waals surface area contributed by atoms with Crippen molar-refractivity contribution in [2.45, 2.75) is 19.8 Å². The van der Waals surface area contributed by atoms with Crippen LogP contribution in [0.3, 0.4) is 0 Å². The van der Waals surface area contributed by atoms with E-state index in [9.17, 15) is 10.1 Å². The van der Waals surface area contributed by atoms with E-state index in [0.717, 1.165) is 46.9 Å². The zero-order chi connectivity index (χ0) is 18.3. The second kappa shape index (κ2) is 6.38. The van der Waals surface area contributed by atoms with E-state index in [1.165, 1.54) is 12.1 Å². The Kier molecular flexibility index (Phi) is 4.05. The van der Waals surface area contributed by atoms with Gasteiger partial charge in [-0.2, -0.15) is 5.10 Å². The Morgan fingerprint density at radius 1 is 1.08 bits per heavy atom. The van der Waals surface area contributed by atoms with E-state index in [1.807, 2.05) is 35.9 Å². The molecule has 0 amide bonds. The fourth-order valence-electron chi connectivity index (χ4n) is 3.13. The van der Waals surface area contributed by atoms with E-state index in [4.69, 9.17) is 16.6 Å². The van der Waals surface area contributed by atoms with E-state index < -0.39 is 4.92 Å². The topological polar surface area (TPSA) is 73.3 Å². The molecule has 1 aliphatic heterocycles. The van der Waals surface area contributed by atoms with Crippen LogP contribution in [0.25, 0.3) is 5.69 Å². The summed E-state index contributed by atoms with van der Waals surface area (Å²) in [6.07, 6.45) is 1.61. The fourth-order valence-corrected chi connectivity index (χ4v) is 3.25. The largest absolute Gasteiger partial charge is 0.269 e. The number of nitrogens with zero attached hydrogens (tertiary/aromatic N) is 4. The lowest BCUT2D eigenvalue weighted by molar-refractivity contribution is -0.384. The second-order valence-electron chi connectivity index (χ2n) is 6.14. The van der Waals surface area contributed by atoms with Gasteiger partial charge in [-0.3, -0.25) is 10.1 Å². The van der Waals surface area contributed by atoms with E-state index in [1.54, 1.807) is 12.1 Å². The summed E-state index contributed by atoms with van der Waals surface area (Å²) < 4.78 is 1.82. The van der Waals surface area contributed by atoms with Crippen molar-refractivity contribution in [2.24, 2.45) is 4.99 Å². The minimum Gasteiger partial charge on any atom is -0.258 e. The van der Waals surface area contributed by atoms with Crippen LogP contribution in [0.15, 0.2) is 53.5 Å². The molecule has 130 valence electrons. The summed E-state index contributed by atoms with van der Waals surface area (Å²) in [4.78, 5) is 15.3. The first kappa shape index (κ1) is 16.5. The molecule has 7 heteroatoms. The third-order valence-electron chi connectivity index (χ3n) is 4.49. The van der Waals surface area contributed by atoms with Crippen molar-refractivity contribution in [3.05, 3.63) is 80.5 Å². The molecular formula is C19H15ClN4O2. The summed E-state index contributed by atoms with van der Waals surface area (Å²) in [5, 5.41) is 16.1. The number of hydrogen-bond donors (Lipinski definition) is 0. The van der Waals surface area contributed by atoms with E-state index in [-0.39, 0.29) is 5.69 Å². The molecule has 3 aromatic rings. The summed E-state index contributed by atoms with van der Waals surface area (Å²) in [6, 6.07) is 14.0. The Morgan fingerprint density at radius 3 is 2.42 bits per heavy atom. The Hall–Kier alpha value is -2.99. The maximum absolute atomic E-state index is 10.8. The molecule has 0 atom stereocenters. The molecule has 6 nitrogen and oxygen atoms in total. The highest BCUT2D eigenvalue weighted by Gasteiger charge is 2.22. The maximum atomic E-state index is 10.8. The minimum atomic E-state index is -0.399. The van der Waals surface area contributed by atoms with Gasteiger partial charge in [0.2, 0.25) is 0 Å². The molecule has 2 aromatic carbocycles. The Labute approximate surface area is 154 Å². The van der Waals surface area contributed by atoms with Crippen LogP contribution in [0.4, 0.5) is 11.5 Å². The van der Waals surface area contributed by atoms with Crippen LogP contribution in [0, 0.1) is 17.0 Å². The molecule has 2 heterocycles. The van der Waals surface area contributed by atoms with Crippen molar-refractivity contribution in [3.8, 4) is 5.69 Å². The van der Waals surface area contributed by atoms with Crippen molar-refractivity contribution in [1.82, 2.24) is 9.78 Å². The monoisotopic (exact) mass is 366 g/mol. The molecule has 0 saturated carbocycles. The van der Waals surface area contributed by atoms with Crippen LogP contribution < -0.4 is 0 Å². The molecule has 0 bridgehead atoms. The Balaban J connectivity index is 1.77. The quantitative estimate of drug-likeness (QED) is 0.493. The average molecular weight is 367 g/mol. The average Bonchev–Trinajstić information content (AvgIpc) is 2.98. The third kappa shape index (κ3) is 2.88. The van der Waals surface area contributed by atoms with Crippen molar-refractivity contribution in [3.63, 3.8) is 0 Å². The molecule has 0 aliphatic carbocycles. The number of aryl methyl sites for hydroxylation is 1. The normalized spacial score (nSPS) is 13.2. The lowest BCUT2D eigenvalue weighted by atomic mass is 9.99. The number of nitro benzene ring substituents is 1. The zero-order valence-electron chi connectivity index (χ0n) is 14.0. The number of fused-ring (bicyclic) bond motifs is 1. The van der Waals surface area contributed by atoms with Gasteiger partial charge < -0.3 is 0 Å². The summed E-state index contributed by atoms with van der Waals surface area (Å²) in [5.74, 6) is 0.810. The Morgan fingerprint density at radius 2 is 1.77 bits per heavy atom. The summed E-state index contributed by atoms with van der Waals surface area (Å²) in [5.41, 5.74) is 4.86.